The van der Waals surface area contributed by atoms with Crippen LogP contribution < -0.4 is 16.4 Å². The minimum Gasteiger partial charge on any atom is -0.404 e. The molecule has 1 aliphatic rings. The van der Waals surface area contributed by atoms with Gasteiger partial charge < -0.3 is 21.3 Å². The van der Waals surface area contributed by atoms with Gasteiger partial charge in [-0.25, -0.2) is 4.99 Å². The predicted molar refractivity (Wildman–Crippen MR) is 116 cm³/mol. The number of carbonyl (C=O) groups excluding carboxylic acids is 2. The van der Waals surface area contributed by atoms with E-state index in [0.29, 0.717) is 23.4 Å². The Bertz CT molecular complexity index is 871. The van der Waals surface area contributed by atoms with Gasteiger partial charge in [0.05, 0.1) is 5.70 Å². The predicted octanol–water partition coefficient (Wildman–Crippen LogP) is 2.04. The average Bonchev–Trinajstić information content (AvgIpc) is 2.70. The van der Waals surface area contributed by atoms with Crippen molar-refractivity contribution in [3.63, 3.8) is 0 Å². The number of aliphatic imine (C=N–C) groups is 1. The van der Waals surface area contributed by atoms with Crippen molar-refractivity contribution < 1.29 is 9.59 Å². The van der Waals surface area contributed by atoms with E-state index >= 15 is 0 Å². The third-order valence-corrected chi connectivity index (χ3v) is 4.43. The summed E-state index contributed by atoms with van der Waals surface area (Å²) in [7, 11) is 3.73. The van der Waals surface area contributed by atoms with Crippen molar-refractivity contribution in [2.75, 3.05) is 14.1 Å². The van der Waals surface area contributed by atoms with Gasteiger partial charge in [0.25, 0.3) is 5.91 Å². The Morgan fingerprint density at radius 1 is 1.24 bits per heavy atom. The second kappa shape index (κ2) is 9.23. The average molecular weight is 396 g/mol. The van der Waals surface area contributed by atoms with Gasteiger partial charge in [-0.3, -0.25) is 9.59 Å². The van der Waals surface area contributed by atoms with Gasteiger partial charge in [-0.05, 0) is 47.0 Å². The number of rotatable bonds is 5. The fourth-order valence-corrected chi connectivity index (χ4v) is 2.69. The van der Waals surface area contributed by atoms with Crippen LogP contribution in [-0.4, -0.2) is 43.2 Å². The lowest BCUT2D eigenvalue weighted by Crippen LogP contribution is -2.37. The van der Waals surface area contributed by atoms with E-state index in [-0.39, 0.29) is 23.1 Å². The lowest BCUT2D eigenvalue weighted by Gasteiger charge is -2.22. The van der Waals surface area contributed by atoms with Crippen molar-refractivity contribution in [1.29, 1.82) is 0 Å². The van der Waals surface area contributed by atoms with Gasteiger partial charge in [0.1, 0.15) is 6.04 Å². The Morgan fingerprint density at radius 2 is 1.90 bits per heavy atom. The van der Waals surface area contributed by atoms with E-state index in [9.17, 15) is 9.59 Å². The number of guanidine groups is 1. The van der Waals surface area contributed by atoms with Gasteiger partial charge in [-0.2, -0.15) is 0 Å². The van der Waals surface area contributed by atoms with Crippen LogP contribution in [0.2, 0.25) is 0 Å². The summed E-state index contributed by atoms with van der Waals surface area (Å²) in [5.74, 6) is 0.305. The van der Waals surface area contributed by atoms with E-state index in [4.69, 9.17) is 5.73 Å². The molecule has 1 aliphatic heterocycles. The summed E-state index contributed by atoms with van der Waals surface area (Å²) in [6, 6.07) is 6.97. The van der Waals surface area contributed by atoms with Gasteiger partial charge in [-0.15, -0.1) is 0 Å². The van der Waals surface area contributed by atoms with E-state index in [2.05, 4.69) is 36.4 Å². The maximum Gasteiger partial charge on any atom is 0.255 e. The molecule has 4 N–H and O–H groups in total. The van der Waals surface area contributed by atoms with E-state index in [0.717, 1.165) is 5.56 Å². The highest BCUT2D eigenvalue weighted by Gasteiger charge is 2.17. The number of hydrogen-bond acceptors (Lipinski definition) is 6. The Balaban J connectivity index is 2.18. The summed E-state index contributed by atoms with van der Waals surface area (Å²) >= 11 is 0. The molecule has 1 heterocycles. The molecule has 7 heteroatoms. The van der Waals surface area contributed by atoms with Crippen molar-refractivity contribution in [2.24, 2.45) is 10.7 Å². The molecule has 0 aliphatic carbocycles. The first-order chi connectivity index (χ1) is 13.7. The van der Waals surface area contributed by atoms with E-state index in [1.54, 1.807) is 18.3 Å². The molecule has 29 heavy (non-hydrogen) atoms. The first-order valence-corrected chi connectivity index (χ1v) is 9.34. The Morgan fingerprint density at radius 3 is 2.41 bits per heavy atom. The standard InChI is InChI=1S/C22H29N5O2/c1-22(2,3)17-8-6-15(7-9-17)20(29)25-18(14-28)12-16(13-23)19-10-11-24-21(26-19)27(4)5/h6-14,19H,23H2,1-5H3,(H,24,26)(H,25,29)/b16-13+,18-12+. The van der Waals surface area contributed by atoms with Crippen LogP contribution in [-0.2, 0) is 10.2 Å². The molecule has 2 rings (SSSR count). The molecule has 0 radical (unpaired) electrons. The molecule has 0 saturated heterocycles. The molecule has 1 aromatic rings. The molecule has 7 nitrogen and oxygen atoms in total. The number of aldehydes is 1. The summed E-state index contributed by atoms with van der Waals surface area (Å²) in [6.45, 7) is 6.32. The van der Waals surface area contributed by atoms with Crippen molar-refractivity contribution in [2.45, 2.75) is 32.2 Å². The Hall–Kier alpha value is -3.35. The zero-order chi connectivity index (χ0) is 21.6. The SMILES string of the molecule is CN(C)C1=NC(C(/C=C(\C=O)NC(=O)c2ccc(C(C)(C)C)cc2)=C/N)C=CN1. The van der Waals surface area contributed by atoms with E-state index < -0.39 is 0 Å². The maximum absolute atomic E-state index is 12.5. The second-order valence-corrected chi connectivity index (χ2v) is 7.96. The summed E-state index contributed by atoms with van der Waals surface area (Å²) in [5.41, 5.74) is 8.05. The van der Waals surface area contributed by atoms with Crippen LogP contribution in [0, 0.1) is 0 Å². The largest absolute Gasteiger partial charge is 0.404 e. The highest BCUT2D eigenvalue weighted by Crippen LogP contribution is 2.22. The molecule has 0 spiro atoms. The number of amides is 1. The highest BCUT2D eigenvalue weighted by molar-refractivity contribution is 5.98. The lowest BCUT2D eigenvalue weighted by molar-refractivity contribution is -0.105. The number of hydrogen-bond donors (Lipinski definition) is 3. The van der Waals surface area contributed by atoms with Gasteiger partial charge >= 0.3 is 0 Å². The van der Waals surface area contributed by atoms with Gasteiger partial charge in [0, 0.05) is 25.9 Å². The Kier molecular flexibility index (Phi) is 6.98. The molecular formula is C22H29N5O2. The first kappa shape index (κ1) is 21.9. The molecule has 0 bridgehead atoms. The lowest BCUT2D eigenvalue weighted by atomic mass is 9.87. The van der Waals surface area contributed by atoms with Crippen LogP contribution >= 0.6 is 0 Å². The zero-order valence-electron chi connectivity index (χ0n) is 17.6. The van der Waals surface area contributed by atoms with Crippen LogP contribution in [0.5, 0.6) is 0 Å². The minimum atomic E-state index is -0.364. The topological polar surface area (TPSA) is 99.8 Å². The van der Waals surface area contributed by atoms with E-state index in [1.165, 1.54) is 12.3 Å². The van der Waals surface area contributed by atoms with Crippen LogP contribution in [0.1, 0.15) is 36.7 Å². The molecule has 154 valence electrons. The van der Waals surface area contributed by atoms with Crippen LogP contribution in [0.4, 0.5) is 0 Å². The van der Waals surface area contributed by atoms with Crippen molar-refractivity contribution >= 4 is 18.2 Å². The maximum atomic E-state index is 12.5. The number of nitrogens with two attached hydrogens (primary N) is 1. The molecular weight excluding hydrogens is 366 g/mol. The Labute approximate surface area is 172 Å². The van der Waals surface area contributed by atoms with Crippen LogP contribution in [0.25, 0.3) is 0 Å². The first-order valence-electron chi connectivity index (χ1n) is 9.34. The third kappa shape index (κ3) is 5.81. The van der Waals surface area contributed by atoms with Crippen molar-refractivity contribution in [1.82, 2.24) is 15.5 Å². The highest BCUT2D eigenvalue weighted by atomic mass is 16.2. The van der Waals surface area contributed by atoms with Crippen LogP contribution in [0.3, 0.4) is 0 Å². The molecule has 0 saturated carbocycles. The number of nitrogens with one attached hydrogen (secondary N) is 2. The molecule has 1 aromatic carbocycles. The van der Waals surface area contributed by atoms with Gasteiger partial charge in [-0.1, -0.05) is 32.9 Å². The summed E-state index contributed by atoms with van der Waals surface area (Å²) < 4.78 is 0. The summed E-state index contributed by atoms with van der Waals surface area (Å²) in [4.78, 5) is 30.4. The molecule has 1 atom stereocenters. The van der Waals surface area contributed by atoms with Gasteiger partial charge in [0.15, 0.2) is 12.2 Å². The number of allylic oxidation sites excluding steroid dienone is 1. The second-order valence-electron chi connectivity index (χ2n) is 7.96. The third-order valence-electron chi connectivity index (χ3n) is 4.43. The minimum absolute atomic E-state index is 0.00200. The number of benzene rings is 1. The fourth-order valence-electron chi connectivity index (χ4n) is 2.69. The smallest absolute Gasteiger partial charge is 0.255 e. The molecule has 0 fully saturated rings. The monoisotopic (exact) mass is 395 g/mol. The summed E-state index contributed by atoms with van der Waals surface area (Å²) in [6.07, 6.45) is 7.08. The van der Waals surface area contributed by atoms with Crippen molar-refractivity contribution in [3.05, 3.63) is 71.2 Å². The molecule has 0 aromatic heterocycles. The van der Waals surface area contributed by atoms with Crippen molar-refractivity contribution in [3.8, 4) is 0 Å². The molecule has 1 unspecified atom stereocenters. The fraction of sp³-hybridized carbons (Fsp3) is 0.318. The number of nitrogens with zero attached hydrogens (tertiary/aromatic N) is 2. The van der Waals surface area contributed by atoms with Gasteiger partial charge in [0.2, 0.25) is 0 Å². The quantitative estimate of drug-likeness (QED) is 0.402. The number of carbonyl (C=O) groups is 2. The van der Waals surface area contributed by atoms with Crippen LogP contribution in [0.15, 0.2) is 65.1 Å². The van der Waals surface area contributed by atoms with E-state index in [1.807, 2.05) is 37.2 Å². The zero-order valence-corrected chi connectivity index (χ0v) is 17.6. The summed E-state index contributed by atoms with van der Waals surface area (Å²) in [5, 5.41) is 5.67. The molecule has 1 amide bonds. The normalized spacial score (nSPS) is 17.3.